The summed E-state index contributed by atoms with van der Waals surface area (Å²) in [7, 11) is 1.90. The number of hydrogen-bond acceptors (Lipinski definition) is 3. The van der Waals surface area contributed by atoms with Crippen LogP contribution in [0.1, 0.15) is 5.56 Å². The van der Waals surface area contributed by atoms with Gasteiger partial charge in [-0.3, -0.25) is 10.1 Å². The van der Waals surface area contributed by atoms with Gasteiger partial charge in [0, 0.05) is 11.9 Å². The van der Waals surface area contributed by atoms with Gasteiger partial charge in [-0.1, -0.05) is 24.3 Å². The van der Waals surface area contributed by atoms with Gasteiger partial charge in [-0.15, -0.1) is 11.8 Å². The SMILES string of the molecule is CSc1ccc(CC(=O)Nc2nc3ccccc3n2C)cc1. The summed E-state index contributed by atoms with van der Waals surface area (Å²) >= 11 is 1.69. The molecule has 0 unspecified atom stereocenters. The average Bonchev–Trinajstić information content (AvgIpc) is 2.84. The van der Waals surface area contributed by atoms with E-state index in [9.17, 15) is 4.79 Å². The smallest absolute Gasteiger partial charge is 0.231 e. The number of aryl methyl sites for hydroxylation is 1. The minimum absolute atomic E-state index is 0.0599. The summed E-state index contributed by atoms with van der Waals surface area (Å²) in [6.07, 6.45) is 2.38. The molecular formula is C17H17N3OS. The lowest BCUT2D eigenvalue weighted by atomic mass is 10.1. The van der Waals surface area contributed by atoms with Gasteiger partial charge in [0.15, 0.2) is 0 Å². The molecular weight excluding hydrogens is 294 g/mol. The summed E-state index contributed by atoms with van der Waals surface area (Å²) in [5, 5.41) is 2.88. The number of aromatic nitrogens is 2. The molecule has 0 saturated heterocycles. The number of carbonyl (C=O) groups is 1. The van der Waals surface area contributed by atoms with Crippen molar-refractivity contribution in [3.8, 4) is 0 Å². The molecule has 0 radical (unpaired) electrons. The highest BCUT2D eigenvalue weighted by Crippen LogP contribution is 2.18. The Kier molecular flexibility index (Phi) is 4.15. The van der Waals surface area contributed by atoms with Gasteiger partial charge in [-0.2, -0.15) is 0 Å². The van der Waals surface area contributed by atoms with Gasteiger partial charge in [0.25, 0.3) is 0 Å². The fourth-order valence-corrected chi connectivity index (χ4v) is 2.76. The third kappa shape index (κ3) is 2.99. The standard InChI is InChI=1S/C17H17N3OS/c1-20-15-6-4-3-5-14(15)18-17(20)19-16(21)11-12-7-9-13(22-2)10-8-12/h3-10H,11H2,1-2H3,(H,18,19,21). The molecule has 2 aromatic carbocycles. The van der Waals surface area contributed by atoms with Crippen LogP contribution in [0.25, 0.3) is 11.0 Å². The van der Waals surface area contributed by atoms with E-state index in [1.807, 2.05) is 66.4 Å². The number of thioether (sulfide) groups is 1. The lowest BCUT2D eigenvalue weighted by Gasteiger charge is -2.06. The molecule has 0 fully saturated rings. The zero-order valence-electron chi connectivity index (χ0n) is 12.5. The van der Waals surface area contributed by atoms with Gasteiger partial charge in [0.2, 0.25) is 11.9 Å². The first-order chi connectivity index (χ1) is 10.7. The first-order valence-electron chi connectivity index (χ1n) is 7.01. The maximum Gasteiger partial charge on any atom is 0.231 e. The van der Waals surface area contributed by atoms with Crippen LogP contribution in [0.2, 0.25) is 0 Å². The summed E-state index contributed by atoms with van der Waals surface area (Å²) in [5.41, 5.74) is 2.88. The van der Waals surface area contributed by atoms with E-state index in [1.165, 1.54) is 4.90 Å². The van der Waals surface area contributed by atoms with Crippen molar-refractivity contribution in [2.75, 3.05) is 11.6 Å². The summed E-state index contributed by atoms with van der Waals surface area (Å²) in [4.78, 5) is 17.8. The summed E-state index contributed by atoms with van der Waals surface area (Å²) in [6.45, 7) is 0. The molecule has 0 aliphatic heterocycles. The van der Waals surface area contributed by atoms with Crippen LogP contribution in [0.15, 0.2) is 53.4 Å². The van der Waals surface area contributed by atoms with Gasteiger partial charge in [0.05, 0.1) is 17.5 Å². The Labute approximate surface area is 133 Å². The van der Waals surface area contributed by atoms with E-state index in [1.54, 1.807) is 11.8 Å². The number of imidazole rings is 1. The van der Waals surface area contributed by atoms with Gasteiger partial charge in [-0.25, -0.2) is 4.98 Å². The molecule has 0 spiro atoms. The van der Waals surface area contributed by atoms with Crippen LogP contribution in [-0.4, -0.2) is 21.7 Å². The molecule has 3 aromatic rings. The van der Waals surface area contributed by atoms with Crippen molar-refractivity contribution in [1.82, 2.24) is 9.55 Å². The fraction of sp³-hybridized carbons (Fsp3) is 0.176. The molecule has 1 heterocycles. The van der Waals surface area contributed by atoms with Crippen molar-refractivity contribution in [1.29, 1.82) is 0 Å². The predicted molar refractivity (Wildman–Crippen MR) is 91.3 cm³/mol. The molecule has 22 heavy (non-hydrogen) atoms. The van der Waals surface area contributed by atoms with E-state index in [4.69, 9.17) is 0 Å². The van der Waals surface area contributed by atoms with Crippen molar-refractivity contribution >= 4 is 34.7 Å². The number of fused-ring (bicyclic) bond motifs is 1. The number of para-hydroxylation sites is 2. The third-order valence-electron chi connectivity index (χ3n) is 3.56. The number of rotatable bonds is 4. The van der Waals surface area contributed by atoms with Crippen LogP contribution in [0, 0.1) is 0 Å². The summed E-state index contributed by atoms with van der Waals surface area (Å²) in [6, 6.07) is 15.9. The zero-order chi connectivity index (χ0) is 15.5. The van der Waals surface area contributed by atoms with Gasteiger partial charge < -0.3 is 4.57 Å². The quantitative estimate of drug-likeness (QED) is 0.750. The van der Waals surface area contributed by atoms with Crippen molar-refractivity contribution in [3.05, 3.63) is 54.1 Å². The minimum Gasteiger partial charge on any atom is -0.313 e. The van der Waals surface area contributed by atoms with Crippen molar-refractivity contribution < 1.29 is 4.79 Å². The Morgan fingerprint density at radius 1 is 1.18 bits per heavy atom. The number of anilines is 1. The van der Waals surface area contributed by atoms with Crippen LogP contribution in [0.4, 0.5) is 5.95 Å². The maximum atomic E-state index is 12.2. The van der Waals surface area contributed by atoms with Gasteiger partial charge in [0.1, 0.15) is 0 Å². The normalized spacial score (nSPS) is 10.8. The minimum atomic E-state index is -0.0599. The number of benzene rings is 2. The second-order valence-corrected chi connectivity index (χ2v) is 5.94. The lowest BCUT2D eigenvalue weighted by Crippen LogP contribution is -2.17. The maximum absolute atomic E-state index is 12.2. The highest BCUT2D eigenvalue weighted by Gasteiger charge is 2.10. The first kappa shape index (κ1) is 14.7. The second kappa shape index (κ2) is 6.23. The highest BCUT2D eigenvalue weighted by molar-refractivity contribution is 7.98. The van der Waals surface area contributed by atoms with E-state index in [0.717, 1.165) is 16.6 Å². The van der Waals surface area contributed by atoms with E-state index in [0.29, 0.717) is 12.4 Å². The molecule has 112 valence electrons. The van der Waals surface area contributed by atoms with Crippen LogP contribution in [-0.2, 0) is 18.3 Å². The number of amides is 1. The van der Waals surface area contributed by atoms with Crippen LogP contribution < -0.4 is 5.32 Å². The molecule has 0 aliphatic rings. The first-order valence-corrected chi connectivity index (χ1v) is 8.24. The topological polar surface area (TPSA) is 46.9 Å². The zero-order valence-corrected chi connectivity index (χ0v) is 13.4. The Morgan fingerprint density at radius 2 is 1.91 bits per heavy atom. The fourth-order valence-electron chi connectivity index (χ4n) is 2.36. The van der Waals surface area contributed by atoms with Crippen molar-refractivity contribution in [3.63, 3.8) is 0 Å². The number of nitrogens with one attached hydrogen (secondary N) is 1. The van der Waals surface area contributed by atoms with E-state index in [-0.39, 0.29) is 5.91 Å². The van der Waals surface area contributed by atoms with Crippen molar-refractivity contribution in [2.45, 2.75) is 11.3 Å². The Hall–Kier alpha value is -2.27. The highest BCUT2D eigenvalue weighted by atomic mass is 32.2. The van der Waals surface area contributed by atoms with E-state index >= 15 is 0 Å². The Bertz CT molecular complexity index is 808. The molecule has 0 atom stereocenters. The summed E-state index contributed by atoms with van der Waals surface area (Å²) in [5.74, 6) is 0.516. The van der Waals surface area contributed by atoms with Crippen molar-refractivity contribution in [2.24, 2.45) is 7.05 Å². The molecule has 0 bridgehead atoms. The van der Waals surface area contributed by atoms with Crippen LogP contribution in [0.3, 0.4) is 0 Å². The lowest BCUT2D eigenvalue weighted by molar-refractivity contribution is -0.115. The third-order valence-corrected chi connectivity index (χ3v) is 4.31. The summed E-state index contributed by atoms with van der Waals surface area (Å²) < 4.78 is 1.89. The molecule has 0 saturated carbocycles. The van der Waals surface area contributed by atoms with Crippen LogP contribution >= 0.6 is 11.8 Å². The molecule has 0 aliphatic carbocycles. The molecule has 5 heteroatoms. The molecule has 4 nitrogen and oxygen atoms in total. The number of carbonyl (C=O) groups excluding carboxylic acids is 1. The van der Waals surface area contributed by atoms with Gasteiger partial charge in [-0.05, 0) is 36.1 Å². The largest absolute Gasteiger partial charge is 0.313 e. The van der Waals surface area contributed by atoms with Crippen LogP contribution in [0.5, 0.6) is 0 Å². The molecule has 1 aromatic heterocycles. The number of nitrogens with zero attached hydrogens (tertiary/aromatic N) is 2. The monoisotopic (exact) mass is 311 g/mol. The molecule has 3 rings (SSSR count). The number of hydrogen-bond donors (Lipinski definition) is 1. The predicted octanol–water partition coefficient (Wildman–Crippen LogP) is 3.48. The Morgan fingerprint density at radius 3 is 2.59 bits per heavy atom. The molecule has 1 amide bonds. The van der Waals surface area contributed by atoms with E-state index < -0.39 is 0 Å². The second-order valence-electron chi connectivity index (χ2n) is 5.06. The molecule has 1 N–H and O–H groups in total. The average molecular weight is 311 g/mol. The van der Waals surface area contributed by atoms with E-state index in [2.05, 4.69) is 10.3 Å². The van der Waals surface area contributed by atoms with Gasteiger partial charge >= 0.3 is 0 Å². The Balaban J connectivity index is 1.73.